The van der Waals surface area contributed by atoms with E-state index in [1.807, 2.05) is 37.3 Å². The molecule has 0 aliphatic heterocycles. The molecule has 0 spiro atoms. The first-order valence-electron chi connectivity index (χ1n) is 7.47. The number of halogens is 2. The zero-order chi connectivity index (χ0) is 17.5. The lowest BCUT2D eigenvalue weighted by Crippen LogP contribution is -2.24. The summed E-state index contributed by atoms with van der Waals surface area (Å²) < 4.78 is 31.3. The van der Waals surface area contributed by atoms with E-state index in [0.717, 1.165) is 17.7 Å². The first-order valence-corrected chi connectivity index (χ1v) is 7.47. The SMILES string of the molecule is CC[C@@H](C(=O)OCC(=O)Nc1ccc(F)cc1F)c1ccccc1. The second-order valence-corrected chi connectivity index (χ2v) is 5.15. The molecule has 6 heteroatoms. The lowest BCUT2D eigenvalue weighted by Gasteiger charge is -2.14. The van der Waals surface area contributed by atoms with Gasteiger partial charge in [-0.2, -0.15) is 0 Å². The molecule has 0 unspecified atom stereocenters. The van der Waals surface area contributed by atoms with Crippen LogP contribution in [0.4, 0.5) is 14.5 Å². The topological polar surface area (TPSA) is 55.4 Å². The van der Waals surface area contributed by atoms with Gasteiger partial charge in [-0.05, 0) is 24.1 Å². The second kappa shape index (κ2) is 8.19. The largest absolute Gasteiger partial charge is 0.455 e. The molecule has 0 saturated heterocycles. The van der Waals surface area contributed by atoms with Gasteiger partial charge in [0.25, 0.3) is 5.91 Å². The number of rotatable bonds is 6. The maximum atomic E-state index is 13.5. The molecule has 0 aromatic heterocycles. The summed E-state index contributed by atoms with van der Waals surface area (Å²) in [5, 5.41) is 2.23. The van der Waals surface area contributed by atoms with Gasteiger partial charge < -0.3 is 10.1 Å². The van der Waals surface area contributed by atoms with Crippen molar-refractivity contribution in [2.24, 2.45) is 0 Å². The Bertz CT molecular complexity index is 719. The monoisotopic (exact) mass is 333 g/mol. The highest BCUT2D eigenvalue weighted by Gasteiger charge is 2.21. The van der Waals surface area contributed by atoms with Gasteiger partial charge in [-0.1, -0.05) is 37.3 Å². The van der Waals surface area contributed by atoms with Gasteiger partial charge in [0.2, 0.25) is 0 Å². The van der Waals surface area contributed by atoms with Crippen LogP contribution in [0.3, 0.4) is 0 Å². The Labute approximate surface area is 138 Å². The standard InChI is InChI=1S/C18H17F2NO3/c1-2-14(12-6-4-3-5-7-12)18(23)24-11-17(22)21-16-9-8-13(19)10-15(16)20/h3-10,14H,2,11H2,1H3,(H,21,22)/t14-/m1/s1. The number of carbonyl (C=O) groups is 2. The van der Waals surface area contributed by atoms with E-state index in [1.54, 1.807) is 0 Å². The molecule has 0 saturated carbocycles. The van der Waals surface area contributed by atoms with E-state index in [0.29, 0.717) is 12.5 Å². The molecule has 1 atom stereocenters. The maximum absolute atomic E-state index is 13.5. The van der Waals surface area contributed by atoms with Gasteiger partial charge in [0.15, 0.2) is 6.61 Å². The number of hydrogen-bond donors (Lipinski definition) is 1. The Hall–Kier alpha value is -2.76. The molecule has 0 heterocycles. The number of esters is 1. The highest BCUT2D eigenvalue weighted by molar-refractivity contribution is 5.93. The molecule has 126 valence electrons. The minimum atomic E-state index is -0.898. The minimum Gasteiger partial charge on any atom is -0.455 e. The quantitative estimate of drug-likeness (QED) is 0.821. The van der Waals surface area contributed by atoms with Crippen LogP contribution in [-0.4, -0.2) is 18.5 Å². The summed E-state index contributed by atoms with van der Waals surface area (Å²) >= 11 is 0. The summed E-state index contributed by atoms with van der Waals surface area (Å²) in [5.41, 5.74) is 0.627. The van der Waals surface area contributed by atoms with E-state index in [9.17, 15) is 18.4 Å². The van der Waals surface area contributed by atoms with E-state index >= 15 is 0 Å². The van der Waals surface area contributed by atoms with Gasteiger partial charge in [-0.15, -0.1) is 0 Å². The first kappa shape index (κ1) is 17.6. The average molecular weight is 333 g/mol. The number of ether oxygens (including phenoxy) is 1. The van der Waals surface area contributed by atoms with Gasteiger partial charge in [0, 0.05) is 6.07 Å². The number of carbonyl (C=O) groups excluding carboxylic acids is 2. The third kappa shape index (κ3) is 4.62. The third-order valence-corrected chi connectivity index (χ3v) is 3.45. The second-order valence-electron chi connectivity index (χ2n) is 5.15. The number of hydrogen-bond acceptors (Lipinski definition) is 3. The number of anilines is 1. The predicted octanol–water partition coefficient (Wildman–Crippen LogP) is 3.64. The fourth-order valence-electron chi connectivity index (χ4n) is 2.24. The van der Waals surface area contributed by atoms with Gasteiger partial charge in [0.1, 0.15) is 11.6 Å². The Kier molecular flexibility index (Phi) is 6.01. The van der Waals surface area contributed by atoms with Crippen molar-refractivity contribution in [1.29, 1.82) is 0 Å². The average Bonchev–Trinajstić information content (AvgIpc) is 2.57. The fraction of sp³-hybridized carbons (Fsp3) is 0.222. The molecule has 24 heavy (non-hydrogen) atoms. The Morgan fingerprint density at radius 3 is 2.46 bits per heavy atom. The van der Waals surface area contributed by atoms with Crippen molar-refractivity contribution >= 4 is 17.6 Å². The number of amides is 1. The van der Waals surface area contributed by atoms with Crippen LogP contribution >= 0.6 is 0 Å². The number of nitrogens with one attached hydrogen (secondary N) is 1. The van der Waals surface area contributed by atoms with Crippen molar-refractivity contribution in [1.82, 2.24) is 0 Å². The van der Waals surface area contributed by atoms with E-state index in [2.05, 4.69) is 5.32 Å². The van der Waals surface area contributed by atoms with E-state index in [-0.39, 0.29) is 5.69 Å². The summed E-state index contributed by atoms with van der Waals surface area (Å²) in [6, 6.07) is 11.9. The molecule has 0 fully saturated rings. The van der Waals surface area contributed by atoms with Crippen molar-refractivity contribution in [3.05, 3.63) is 65.7 Å². The van der Waals surface area contributed by atoms with E-state index in [1.165, 1.54) is 0 Å². The molecule has 4 nitrogen and oxygen atoms in total. The summed E-state index contributed by atoms with van der Waals surface area (Å²) in [6.45, 7) is 1.30. The maximum Gasteiger partial charge on any atom is 0.313 e. The molecule has 2 aromatic rings. The van der Waals surface area contributed by atoms with Crippen LogP contribution in [0.15, 0.2) is 48.5 Å². The lowest BCUT2D eigenvalue weighted by molar-refractivity contribution is -0.149. The molecular weight excluding hydrogens is 316 g/mol. The van der Waals surface area contributed by atoms with Gasteiger partial charge in [0.05, 0.1) is 11.6 Å². The van der Waals surface area contributed by atoms with E-state index < -0.39 is 36.0 Å². The Morgan fingerprint density at radius 2 is 1.83 bits per heavy atom. The molecule has 0 aliphatic carbocycles. The third-order valence-electron chi connectivity index (χ3n) is 3.45. The summed E-state index contributed by atoms with van der Waals surface area (Å²) in [7, 11) is 0. The molecule has 2 aromatic carbocycles. The Morgan fingerprint density at radius 1 is 1.12 bits per heavy atom. The molecule has 0 bridgehead atoms. The summed E-state index contributed by atoms with van der Waals surface area (Å²) in [6.07, 6.45) is 0.525. The van der Waals surface area contributed by atoms with Gasteiger partial charge in [-0.3, -0.25) is 9.59 Å². The van der Waals surface area contributed by atoms with Gasteiger partial charge >= 0.3 is 5.97 Å². The van der Waals surface area contributed by atoms with Crippen molar-refractivity contribution in [3.8, 4) is 0 Å². The fourth-order valence-corrected chi connectivity index (χ4v) is 2.24. The smallest absolute Gasteiger partial charge is 0.313 e. The van der Waals surface area contributed by atoms with Crippen molar-refractivity contribution in [3.63, 3.8) is 0 Å². The highest BCUT2D eigenvalue weighted by atomic mass is 19.1. The molecule has 1 N–H and O–H groups in total. The molecule has 0 radical (unpaired) electrons. The lowest BCUT2D eigenvalue weighted by atomic mass is 9.97. The van der Waals surface area contributed by atoms with Crippen molar-refractivity contribution in [2.45, 2.75) is 19.3 Å². The summed E-state index contributed by atoms with van der Waals surface area (Å²) in [5.74, 6) is -3.34. The Balaban J connectivity index is 1.92. The van der Waals surface area contributed by atoms with E-state index in [4.69, 9.17) is 4.74 Å². The zero-order valence-electron chi connectivity index (χ0n) is 13.1. The van der Waals surface area contributed by atoms with Crippen molar-refractivity contribution in [2.75, 3.05) is 11.9 Å². The molecule has 0 aliphatic rings. The van der Waals surface area contributed by atoms with Crippen LogP contribution in [0.25, 0.3) is 0 Å². The van der Waals surface area contributed by atoms with Crippen LogP contribution in [0, 0.1) is 11.6 Å². The van der Waals surface area contributed by atoms with Crippen LogP contribution in [-0.2, 0) is 14.3 Å². The van der Waals surface area contributed by atoms with Crippen molar-refractivity contribution < 1.29 is 23.1 Å². The van der Waals surface area contributed by atoms with Crippen LogP contribution in [0.5, 0.6) is 0 Å². The first-order chi connectivity index (χ1) is 11.5. The molecule has 2 rings (SSSR count). The van der Waals surface area contributed by atoms with Crippen LogP contribution in [0.2, 0.25) is 0 Å². The van der Waals surface area contributed by atoms with Crippen LogP contribution < -0.4 is 5.32 Å². The summed E-state index contributed by atoms with van der Waals surface area (Å²) in [4.78, 5) is 23.9. The zero-order valence-corrected chi connectivity index (χ0v) is 13.1. The van der Waals surface area contributed by atoms with Gasteiger partial charge in [-0.25, -0.2) is 8.78 Å². The number of benzene rings is 2. The minimum absolute atomic E-state index is 0.174. The van der Waals surface area contributed by atoms with Crippen LogP contribution in [0.1, 0.15) is 24.8 Å². The normalized spacial score (nSPS) is 11.6. The molecular formula is C18H17F2NO3. The predicted molar refractivity (Wildman–Crippen MR) is 85.4 cm³/mol. The molecule has 1 amide bonds. The highest BCUT2D eigenvalue weighted by Crippen LogP contribution is 2.21.